The van der Waals surface area contributed by atoms with Crippen LogP contribution < -0.4 is 0 Å². The van der Waals surface area contributed by atoms with Crippen molar-refractivity contribution >= 4 is 10.0 Å². The summed E-state index contributed by atoms with van der Waals surface area (Å²) in [5.41, 5.74) is 1.08. The first-order valence-electron chi connectivity index (χ1n) is 6.57. The van der Waals surface area contributed by atoms with Crippen LogP contribution in [-0.2, 0) is 10.0 Å². The second-order valence-corrected chi connectivity index (χ2v) is 7.19. The topological polar surface area (TPSA) is 37.4 Å². The van der Waals surface area contributed by atoms with Gasteiger partial charge < -0.3 is 0 Å². The molecule has 0 spiro atoms. The maximum absolute atomic E-state index is 12.5. The molecule has 4 heteroatoms. The molecule has 1 unspecified atom stereocenters. The van der Waals surface area contributed by atoms with Crippen molar-refractivity contribution in [2.75, 3.05) is 13.1 Å². The van der Waals surface area contributed by atoms with Crippen LogP contribution in [0, 0.1) is 12.8 Å². The number of hydrogen-bond acceptors (Lipinski definition) is 2. The SMILES string of the molecule is Cc1ccc(S(=O)(=O)N2CCCC(C)CC2)cc1. The zero-order chi connectivity index (χ0) is 13.2. The van der Waals surface area contributed by atoms with Gasteiger partial charge in [-0.3, -0.25) is 0 Å². The third-order valence-corrected chi connectivity index (χ3v) is 5.55. The Hall–Kier alpha value is -0.870. The molecule has 2 rings (SSSR count). The van der Waals surface area contributed by atoms with Crippen molar-refractivity contribution in [2.45, 2.75) is 38.0 Å². The van der Waals surface area contributed by atoms with Gasteiger partial charge in [0.1, 0.15) is 0 Å². The van der Waals surface area contributed by atoms with Crippen molar-refractivity contribution < 1.29 is 8.42 Å². The van der Waals surface area contributed by atoms with E-state index in [1.54, 1.807) is 16.4 Å². The van der Waals surface area contributed by atoms with Crippen molar-refractivity contribution in [3.05, 3.63) is 29.8 Å². The summed E-state index contributed by atoms with van der Waals surface area (Å²) in [6.45, 7) is 5.46. The van der Waals surface area contributed by atoms with Gasteiger partial charge in [0.15, 0.2) is 0 Å². The van der Waals surface area contributed by atoms with Crippen molar-refractivity contribution in [3.8, 4) is 0 Å². The molecule has 0 amide bonds. The highest BCUT2D eigenvalue weighted by atomic mass is 32.2. The van der Waals surface area contributed by atoms with E-state index in [-0.39, 0.29) is 0 Å². The zero-order valence-electron chi connectivity index (χ0n) is 11.1. The molecule has 1 saturated heterocycles. The summed E-state index contributed by atoms with van der Waals surface area (Å²) in [6, 6.07) is 7.12. The first kappa shape index (κ1) is 13.6. The van der Waals surface area contributed by atoms with Gasteiger partial charge in [-0.25, -0.2) is 8.42 Å². The van der Waals surface area contributed by atoms with Gasteiger partial charge in [-0.1, -0.05) is 24.6 Å². The average Bonchev–Trinajstić information content (AvgIpc) is 2.55. The molecule has 1 aromatic rings. The van der Waals surface area contributed by atoms with Gasteiger partial charge in [-0.2, -0.15) is 4.31 Å². The number of hydrogen-bond donors (Lipinski definition) is 0. The van der Waals surface area contributed by atoms with Crippen molar-refractivity contribution in [1.29, 1.82) is 0 Å². The van der Waals surface area contributed by atoms with Crippen LogP contribution in [0.3, 0.4) is 0 Å². The van der Waals surface area contributed by atoms with Crippen molar-refractivity contribution in [1.82, 2.24) is 4.31 Å². The number of nitrogens with zero attached hydrogens (tertiary/aromatic N) is 1. The molecule has 1 aromatic carbocycles. The van der Waals surface area contributed by atoms with E-state index in [1.165, 1.54) is 0 Å². The van der Waals surface area contributed by atoms with Gasteiger partial charge >= 0.3 is 0 Å². The largest absolute Gasteiger partial charge is 0.243 e. The molecule has 100 valence electrons. The molecule has 1 aliphatic heterocycles. The average molecular weight is 267 g/mol. The highest BCUT2D eigenvalue weighted by molar-refractivity contribution is 7.89. The number of rotatable bonds is 2. The fourth-order valence-electron chi connectivity index (χ4n) is 2.34. The maximum atomic E-state index is 12.5. The third-order valence-electron chi connectivity index (χ3n) is 3.63. The molecule has 0 bridgehead atoms. The van der Waals surface area contributed by atoms with E-state index in [0.29, 0.717) is 23.9 Å². The number of sulfonamides is 1. The van der Waals surface area contributed by atoms with E-state index >= 15 is 0 Å². The quantitative estimate of drug-likeness (QED) is 0.826. The Morgan fingerprint density at radius 3 is 2.44 bits per heavy atom. The Labute approximate surface area is 110 Å². The highest BCUT2D eigenvalue weighted by Gasteiger charge is 2.26. The van der Waals surface area contributed by atoms with E-state index in [4.69, 9.17) is 0 Å². The molecule has 0 aromatic heterocycles. The molecule has 18 heavy (non-hydrogen) atoms. The lowest BCUT2D eigenvalue weighted by Crippen LogP contribution is -2.32. The molecule has 0 radical (unpaired) electrons. The predicted molar refractivity (Wildman–Crippen MR) is 73.0 cm³/mol. The molecule has 1 atom stereocenters. The second-order valence-electron chi connectivity index (χ2n) is 5.25. The van der Waals surface area contributed by atoms with Crippen LogP contribution in [0.5, 0.6) is 0 Å². The molecule has 3 nitrogen and oxygen atoms in total. The molecule has 0 N–H and O–H groups in total. The fraction of sp³-hybridized carbons (Fsp3) is 0.571. The van der Waals surface area contributed by atoms with E-state index in [2.05, 4.69) is 6.92 Å². The van der Waals surface area contributed by atoms with Crippen LogP contribution in [0.25, 0.3) is 0 Å². The fourth-order valence-corrected chi connectivity index (χ4v) is 3.83. The van der Waals surface area contributed by atoms with Gasteiger partial charge in [0.05, 0.1) is 4.90 Å². The summed E-state index contributed by atoms with van der Waals surface area (Å²) in [6.07, 6.45) is 3.05. The van der Waals surface area contributed by atoms with Crippen molar-refractivity contribution in [2.24, 2.45) is 5.92 Å². The van der Waals surface area contributed by atoms with Gasteiger partial charge in [0.2, 0.25) is 10.0 Å². The standard InChI is InChI=1S/C14H21NO2S/c1-12-4-3-10-15(11-9-12)18(16,17)14-7-5-13(2)6-8-14/h5-8,12H,3-4,9-11H2,1-2H3. The summed E-state index contributed by atoms with van der Waals surface area (Å²) < 4.78 is 26.6. The van der Waals surface area contributed by atoms with Crippen LogP contribution in [0.2, 0.25) is 0 Å². The van der Waals surface area contributed by atoms with Gasteiger partial charge in [-0.05, 0) is 44.2 Å². The Morgan fingerprint density at radius 2 is 1.78 bits per heavy atom. The lowest BCUT2D eigenvalue weighted by atomic mass is 10.0. The van der Waals surface area contributed by atoms with Crippen LogP contribution in [0.15, 0.2) is 29.2 Å². The second kappa shape index (κ2) is 5.41. The zero-order valence-corrected chi connectivity index (χ0v) is 11.9. The first-order chi connectivity index (χ1) is 8.50. The lowest BCUT2D eigenvalue weighted by molar-refractivity contribution is 0.417. The highest BCUT2D eigenvalue weighted by Crippen LogP contribution is 2.22. The van der Waals surface area contributed by atoms with E-state index in [1.807, 2.05) is 19.1 Å². The first-order valence-corrected chi connectivity index (χ1v) is 8.01. The minimum Gasteiger partial charge on any atom is -0.207 e. The monoisotopic (exact) mass is 267 g/mol. The maximum Gasteiger partial charge on any atom is 0.243 e. The minimum atomic E-state index is -3.29. The minimum absolute atomic E-state index is 0.419. The molecular formula is C14H21NO2S. The van der Waals surface area contributed by atoms with Crippen LogP contribution in [0.1, 0.15) is 31.7 Å². The summed E-state index contributed by atoms with van der Waals surface area (Å²) in [5.74, 6) is 0.628. The van der Waals surface area contributed by atoms with E-state index in [0.717, 1.165) is 24.8 Å². The number of benzene rings is 1. The van der Waals surface area contributed by atoms with E-state index in [9.17, 15) is 8.42 Å². The molecule has 1 heterocycles. The molecule has 0 aliphatic carbocycles. The summed E-state index contributed by atoms with van der Waals surface area (Å²) in [7, 11) is -3.29. The van der Waals surface area contributed by atoms with Gasteiger partial charge in [0.25, 0.3) is 0 Å². The lowest BCUT2D eigenvalue weighted by Gasteiger charge is -2.20. The summed E-state index contributed by atoms with van der Waals surface area (Å²) >= 11 is 0. The smallest absolute Gasteiger partial charge is 0.207 e. The summed E-state index contributed by atoms with van der Waals surface area (Å²) in [5, 5.41) is 0. The van der Waals surface area contributed by atoms with Crippen LogP contribution in [0.4, 0.5) is 0 Å². The van der Waals surface area contributed by atoms with Crippen LogP contribution in [-0.4, -0.2) is 25.8 Å². The normalized spacial score (nSPS) is 22.7. The molecule has 0 saturated carbocycles. The third kappa shape index (κ3) is 2.93. The Balaban J connectivity index is 2.22. The Morgan fingerprint density at radius 1 is 1.11 bits per heavy atom. The van der Waals surface area contributed by atoms with Gasteiger partial charge in [-0.15, -0.1) is 0 Å². The predicted octanol–water partition coefficient (Wildman–Crippen LogP) is 2.81. The number of aryl methyl sites for hydroxylation is 1. The molecule has 1 aliphatic rings. The Kier molecular flexibility index (Phi) is 4.07. The van der Waals surface area contributed by atoms with Gasteiger partial charge in [0, 0.05) is 13.1 Å². The molecular weight excluding hydrogens is 246 g/mol. The van der Waals surface area contributed by atoms with Crippen molar-refractivity contribution in [3.63, 3.8) is 0 Å². The van der Waals surface area contributed by atoms with E-state index < -0.39 is 10.0 Å². The van der Waals surface area contributed by atoms with Crippen LogP contribution >= 0.6 is 0 Å². The Bertz CT molecular complexity index is 493. The molecule has 1 fully saturated rings. The summed E-state index contributed by atoms with van der Waals surface area (Å²) in [4.78, 5) is 0.419.